The van der Waals surface area contributed by atoms with E-state index in [4.69, 9.17) is 9.47 Å². The largest absolute Gasteiger partial charge is 0.508 e. The second-order valence-electron chi connectivity index (χ2n) is 9.88. The fraction of sp³-hybridized carbons (Fsp3) is 0.333. The van der Waals surface area contributed by atoms with Crippen LogP contribution in [0.2, 0.25) is 0 Å². The number of phenolic OH excluding ortho intramolecular Hbond substituents is 2. The summed E-state index contributed by atoms with van der Waals surface area (Å²) in [5.74, 6) is 2.66. The van der Waals surface area contributed by atoms with E-state index < -0.39 is 0 Å². The first-order valence-corrected chi connectivity index (χ1v) is 12.4. The topological polar surface area (TPSA) is 62.2 Å². The smallest absolute Gasteiger partial charge is 0.150 e. The van der Waals surface area contributed by atoms with E-state index in [0.717, 1.165) is 52.6 Å². The number of allylic oxidation sites excluding steroid dienone is 1. The zero-order valence-electron chi connectivity index (χ0n) is 20.6. The number of hydrogen-bond acceptors (Lipinski definition) is 5. The summed E-state index contributed by atoms with van der Waals surface area (Å²) >= 11 is 0. The molecule has 0 amide bonds. The Bertz CT molecular complexity index is 1220. The number of benzene rings is 3. The number of aromatic hydroxyl groups is 2. The predicted molar refractivity (Wildman–Crippen MR) is 139 cm³/mol. The van der Waals surface area contributed by atoms with Gasteiger partial charge in [0, 0.05) is 29.8 Å². The normalized spacial score (nSPS) is 20.9. The highest BCUT2D eigenvalue weighted by Gasteiger charge is 2.30. The third-order valence-electron chi connectivity index (χ3n) is 7.21. The molecule has 1 fully saturated rings. The Morgan fingerprint density at radius 1 is 1.00 bits per heavy atom. The van der Waals surface area contributed by atoms with Crippen LogP contribution in [0.3, 0.4) is 0 Å². The maximum absolute atomic E-state index is 10.0. The number of nitrogens with zero attached hydrogens (tertiary/aromatic N) is 1. The molecule has 1 unspecified atom stereocenters. The van der Waals surface area contributed by atoms with Crippen molar-refractivity contribution >= 4 is 11.1 Å². The van der Waals surface area contributed by atoms with Gasteiger partial charge < -0.3 is 19.7 Å². The van der Waals surface area contributed by atoms with E-state index in [1.54, 1.807) is 24.3 Å². The Morgan fingerprint density at radius 3 is 2.40 bits per heavy atom. The highest BCUT2D eigenvalue weighted by Crippen LogP contribution is 2.47. The molecule has 2 N–H and O–H groups in total. The lowest BCUT2D eigenvalue weighted by Gasteiger charge is -2.31. The van der Waals surface area contributed by atoms with Gasteiger partial charge in [0.1, 0.15) is 35.7 Å². The van der Waals surface area contributed by atoms with Crippen molar-refractivity contribution < 1.29 is 19.7 Å². The molecule has 35 heavy (non-hydrogen) atoms. The van der Waals surface area contributed by atoms with Gasteiger partial charge in [-0.15, -0.1) is 0 Å². The highest BCUT2D eigenvalue weighted by molar-refractivity contribution is 5.95. The van der Waals surface area contributed by atoms with Gasteiger partial charge in [-0.2, -0.15) is 0 Å². The van der Waals surface area contributed by atoms with Gasteiger partial charge in [-0.3, -0.25) is 4.90 Å². The zero-order valence-corrected chi connectivity index (χ0v) is 20.6. The minimum Gasteiger partial charge on any atom is -0.508 e. The number of rotatable bonds is 6. The molecule has 0 radical (unpaired) electrons. The van der Waals surface area contributed by atoms with Gasteiger partial charge in [0.2, 0.25) is 0 Å². The lowest BCUT2D eigenvalue weighted by molar-refractivity contribution is 0.169. The molecule has 3 aromatic rings. The minimum atomic E-state index is -0.354. The Balaban J connectivity index is 1.40. The predicted octanol–water partition coefficient (Wildman–Crippen LogP) is 6.27. The molecule has 0 aromatic heterocycles. The summed E-state index contributed by atoms with van der Waals surface area (Å²) < 4.78 is 12.6. The average molecular weight is 472 g/mol. The van der Waals surface area contributed by atoms with Crippen molar-refractivity contribution in [3.05, 3.63) is 83.4 Å². The van der Waals surface area contributed by atoms with E-state index in [2.05, 4.69) is 25.7 Å². The number of phenols is 2. The molecule has 5 rings (SSSR count). The Labute approximate surface area is 207 Å². The minimum absolute atomic E-state index is 0.175. The number of ether oxygens (including phenoxy) is 2. The molecular formula is C30H33NO4. The van der Waals surface area contributed by atoms with Crippen LogP contribution in [0.25, 0.3) is 11.1 Å². The summed E-state index contributed by atoms with van der Waals surface area (Å²) in [4.78, 5) is 2.50. The van der Waals surface area contributed by atoms with Crippen LogP contribution in [0.4, 0.5) is 0 Å². The lowest BCUT2D eigenvalue weighted by atomic mass is 9.86. The molecule has 5 nitrogen and oxygen atoms in total. The van der Waals surface area contributed by atoms with Crippen LogP contribution in [0.15, 0.2) is 66.7 Å². The Morgan fingerprint density at radius 2 is 1.71 bits per heavy atom. The van der Waals surface area contributed by atoms with Crippen molar-refractivity contribution in [1.29, 1.82) is 0 Å². The molecule has 5 heteroatoms. The quantitative estimate of drug-likeness (QED) is 0.444. The van der Waals surface area contributed by atoms with Crippen LogP contribution in [0.1, 0.15) is 50.0 Å². The molecule has 0 bridgehead atoms. The molecule has 2 heterocycles. The second-order valence-corrected chi connectivity index (χ2v) is 9.88. The van der Waals surface area contributed by atoms with Crippen LogP contribution >= 0.6 is 0 Å². The van der Waals surface area contributed by atoms with Crippen molar-refractivity contribution in [3.63, 3.8) is 0 Å². The number of likely N-dealkylation sites (tertiary alicyclic amines) is 1. The van der Waals surface area contributed by atoms with Crippen molar-refractivity contribution in [2.45, 2.75) is 39.3 Å². The molecular weight excluding hydrogens is 438 g/mol. The van der Waals surface area contributed by atoms with Crippen LogP contribution in [-0.2, 0) is 0 Å². The Kier molecular flexibility index (Phi) is 6.44. The van der Waals surface area contributed by atoms with Crippen LogP contribution < -0.4 is 9.47 Å². The second kappa shape index (κ2) is 9.67. The summed E-state index contributed by atoms with van der Waals surface area (Å²) in [5, 5.41) is 19.8. The Hall–Kier alpha value is -3.44. The molecule has 182 valence electrons. The maximum atomic E-state index is 10.0. The SMILES string of the molecule is CC1=C(c2ccc(O)cc2)C(c2ccc(OC[C@H](C)N3CC[C@@H](C)C3)cc2)Oc2cc(O)ccc21. The van der Waals surface area contributed by atoms with Crippen molar-refractivity contribution in [1.82, 2.24) is 4.90 Å². The van der Waals surface area contributed by atoms with E-state index in [-0.39, 0.29) is 17.6 Å². The number of hydrogen-bond donors (Lipinski definition) is 2. The lowest BCUT2D eigenvalue weighted by Crippen LogP contribution is -2.35. The van der Waals surface area contributed by atoms with E-state index in [1.165, 1.54) is 6.42 Å². The van der Waals surface area contributed by atoms with Crippen molar-refractivity contribution in [3.8, 4) is 23.0 Å². The highest BCUT2D eigenvalue weighted by atomic mass is 16.5. The monoisotopic (exact) mass is 471 g/mol. The molecule has 0 saturated carbocycles. The fourth-order valence-corrected chi connectivity index (χ4v) is 5.12. The maximum Gasteiger partial charge on any atom is 0.150 e. The van der Waals surface area contributed by atoms with E-state index in [9.17, 15) is 10.2 Å². The molecule has 3 aromatic carbocycles. The molecule has 2 aliphatic rings. The first-order valence-electron chi connectivity index (χ1n) is 12.4. The van der Waals surface area contributed by atoms with Gasteiger partial charge in [0.15, 0.2) is 0 Å². The summed E-state index contributed by atoms with van der Waals surface area (Å²) in [6.45, 7) is 9.56. The molecule has 1 saturated heterocycles. The van der Waals surface area contributed by atoms with Crippen LogP contribution in [-0.4, -0.2) is 40.9 Å². The van der Waals surface area contributed by atoms with E-state index >= 15 is 0 Å². The van der Waals surface area contributed by atoms with Gasteiger partial charge in [-0.05, 0) is 85.8 Å². The molecule has 3 atom stereocenters. The summed E-state index contributed by atoms with van der Waals surface area (Å²) in [5.41, 5.74) is 5.05. The van der Waals surface area contributed by atoms with Gasteiger partial charge in [-0.25, -0.2) is 0 Å². The van der Waals surface area contributed by atoms with Gasteiger partial charge in [-0.1, -0.05) is 31.2 Å². The zero-order chi connectivity index (χ0) is 24.5. The molecule has 0 aliphatic carbocycles. The van der Waals surface area contributed by atoms with Crippen molar-refractivity contribution in [2.24, 2.45) is 5.92 Å². The third-order valence-corrected chi connectivity index (χ3v) is 7.21. The van der Waals surface area contributed by atoms with Gasteiger partial charge in [0.05, 0.1) is 0 Å². The van der Waals surface area contributed by atoms with Crippen molar-refractivity contribution in [2.75, 3.05) is 19.7 Å². The first-order chi connectivity index (χ1) is 16.9. The van der Waals surface area contributed by atoms with E-state index in [0.29, 0.717) is 18.4 Å². The summed E-state index contributed by atoms with van der Waals surface area (Å²) in [7, 11) is 0. The molecule has 2 aliphatic heterocycles. The van der Waals surface area contributed by atoms with Gasteiger partial charge >= 0.3 is 0 Å². The summed E-state index contributed by atoms with van der Waals surface area (Å²) in [6.07, 6.45) is 0.908. The third kappa shape index (κ3) is 4.87. The summed E-state index contributed by atoms with van der Waals surface area (Å²) in [6, 6.07) is 20.9. The standard InChI is InChI=1S/C30H33NO4/c1-19-14-15-31(17-19)20(2)18-34-26-11-6-23(7-12-26)30-29(22-4-8-24(32)9-5-22)21(3)27-13-10-25(33)16-28(27)35-30/h4-13,16,19-20,30,32-33H,14-15,17-18H2,1-3H3/t19-,20+,30?/m1/s1. The average Bonchev–Trinajstić information content (AvgIpc) is 3.30. The van der Waals surface area contributed by atoms with E-state index in [1.807, 2.05) is 42.5 Å². The van der Waals surface area contributed by atoms with Crippen LogP contribution in [0, 0.1) is 5.92 Å². The van der Waals surface area contributed by atoms with Crippen LogP contribution in [0.5, 0.6) is 23.0 Å². The number of fused-ring (bicyclic) bond motifs is 1. The molecule has 0 spiro atoms. The fourth-order valence-electron chi connectivity index (χ4n) is 5.12. The first kappa shape index (κ1) is 23.3. The van der Waals surface area contributed by atoms with Gasteiger partial charge in [0.25, 0.3) is 0 Å².